The summed E-state index contributed by atoms with van der Waals surface area (Å²) in [4.78, 5) is 26.2. The highest BCUT2D eigenvalue weighted by molar-refractivity contribution is 5.92. The molecule has 0 radical (unpaired) electrons. The summed E-state index contributed by atoms with van der Waals surface area (Å²) in [6.45, 7) is 9.41. The Morgan fingerprint density at radius 2 is 1.79 bits per heavy atom. The molecule has 0 fully saturated rings. The van der Waals surface area contributed by atoms with E-state index in [0.717, 1.165) is 11.3 Å². The highest BCUT2D eigenvalue weighted by Gasteiger charge is 2.22. The number of nitrogens with zero attached hydrogens (tertiary/aromatic N) is 4. The topological polar surface area (TPSA) is 49.3 Å². The fourth-order valence-electron chi connectivity index (χ4n) is 3.25. The molecule has 5 nitrogen and oxygen atoms in total. The van der Waals surface area contributed by atoms with Gasteiger partial charge in [-0.2, -0.15) is 0 Å². The molecular weight excluding hydrogens is 360 g/mol. The quantitative estimate of drug-likeness (QED) is 0.572. The maximum atomic E-state index is 13.3. The Kier molecular flexibility index (Phi) is 6.60. The maximum absolute atomic E-state index is 13.3. The number of carbonyl (C=O) groups excluding carboxylic acids is 1. The second-order valence-corrected chi connectivity index (χ2v) is 7.34. The van der Waals surface area contributed by atoms with Gasteiger partial charge in [-0.1, -0.05) is 42.5 Å². The van der Waals surface area contributed by atoms with E-state index in [1.807, 2.05) is 66.1 Å². The number of aryl methyl sites for hydroxylation is 1. The minimum atomic E-state index is -0.0900. The largest absolute Gasteiger partial charge is 0.331 e. The number of anilines is 2. The Bertz CT molecular complexity index is 956. The Labute approximate surface area is 173 Å². The van der Waals surface area contributed by atoms with Gasteiger partial charge >= 0.3 is 0 Å². The van der Waals surface area contributed by atoms with Gasteiger partial charge in [0.25, 0.3) is 5.91 Å². The molecule has 0 bridgehead atoms. The van der Waals surface area contributed by atoms with E-state index in [9.17, 15) is 4.79 Å². The van der Waals surface area contributed by atoms with Gasteiger partial charge in [-0.3, -0.25) is 4.79 Å². The summed E-state index contributed by atoms with van der Waals surface area (Å²) in [6.07, 6.45) is 1.66. The van der Waals surface area contributed by atoms with Gasteiger partial charge in [0.05, 0.1) is 0 Å². The Morgan fingerprint density at radius 3 is 2.45 bits per heavy atom. The van der Waals surface area contributed by atoms with Crippen molar-refractivity contribution in [2.75, 3.05) is 11.4 Å². The van der Waals surface area contributed by atoms with Crippen LogP contribution in [0.4, 0.5) is 11.6 Å². The lowest BCUT2D eigenvalue weighted by atomic mass is 10.1. The number of rotatable bonds is 7. The monoisotopic (exact) mass is 388 g/mol. The molecule has 0 aliphatic heterocycles. The molecule has 0 saturated carbocycles. The molecule has 29 heavy (non-hydrogen) atoms. The third kappa shape index (κ3) is 4.99. The maximum Gasteiger partial charge on any atom is 0.273 e. The smallest absolute Gasteiger partial charge is 0.273 e. The lowest BCUT2D eigenvalue weighted by molar-refractivity contribution is 0.0684. The molecular formula is C24H28N4O. The highest BCUT2D eigenvalue weighted by Crippen LogP contribution is 2.23. The zero-order valence-electron chi connectivity index (χ0n) is 17.5. The van der Waals surface area contributed by atoms with E-state index in [1.165, 1.54) is 5.56 Å². The van der Waals surface area contributed by atoms with Crippen LogP contribution in [0.3, 0.4) is 0 Å². The van der Waals surface area contributed by atoms with Crippen molar-refractivity contribution in [3.63, 3.8) is 0 Å². The number of benzene rings is 2. The summed E-state index contributed by atoms with van der Waals surface area (Å²) in [6, 6.07) is 20.0. The molecule has 0 unspecified atom stereocenters. The van der Waals surface area contributed by atoms with Crippen molar-refractivity contribution in [2.24, 2.45) is 0 Å². The molecule has 3 aromatic rings. The van der Waals surface area contributed by atoms with E-state index in [-0.39, 0.29) is 11.9 Å². The fraction of sp³-hybridized carbons (Fsp3) is 0.292. The van der Waals surface area contributed by atoms with Crippen molar-refractivity contribution >= 4 is 17.5 Å². The van der Waals surface area contributed by atoms with Crippen molar-refractivity contribution in [1.29, 1.82) is 0 Å². The van der Waals surface area contributed by atoms with E-state index in [1.54, 1.807) is 12.3 Å². The summed E-state index contributed by atoms with van der Waals surface area (Å²) < 4.78 is 0. The van der Waals surface area contributed by atoms with Gasteiger partial charge in [-0.15, -0.1) is 0 Å². The zero-order chi connectivity index (χ0) is 20.8. The van der Waals surface area contributed by atoms with Crippen molar-refractivity contribution in [1.82, 2.24) is 14.9 Å². The van der Waals surface area contributed by atoms with E-state index in [4.69, 9.17) is 0 Å². The Hall–Kier alpha value is -3.21. The van der Waals surface area contributed by atoms with Gasteiger partial charge in [-0.05, 0) is 57.0 Å². The van der Waals surface area contributed by atoms with E-state index >= 15 is 0 Å². The number of carbonyl (C=O) groups is 1. The van der Waals surface area contributed by atoms with Crippen LogP contribution in [0.5, 0.6) is 0 Å². The number of hydrogen-bond acceptors (Lipinski definition) is 4. The van der Waals surface area contributed by atoms with Crippen molar-refractivity contribution < 1.29 is 4.79 Å². The van der Waals surface area contributed by atoms with Crippen LogP contribution in [-0.4, -0.2) is 33.4 Å². The van der Waals surface area contributed by atoms with Crippen LogP contribution in [0, 0.1) is 6.92 Å². The summed E-state index contributed by atoms with van der Waals surface area (Å²) >= 11 is 0. The van der Waals surface area contributed by atoms with Gasteiger partial charge in [-0.25, -0.2) is 9.97 Å². The van der Waals surface area contributed by atoms with E-state index in [2.05, 4.69) is 35.9 Å². The fourth-order valence-corrected chi connectivity index (χ4v) is 3.25. The zero-order valence-corrected chi connectivity index (χ0v) is 17.5. The first-order chi connectivity index (χ1) is 14.0. The van der Waals surface area contributed by atoms with Crippen LogP contribution in [0.15, 0.2) is 66.9 Å². The van der Waals surface area contributed by atoms with Crippen molar-refractivity contribution in [3.05, 3.63) is 83.7 Å². The minimum absolute atomic E-state index is 0.0557. The van der Waals surface area contributed by atoms with Crippen molar-refractivity contribution in [2.45, 2.75) is 40.3 Å². The number of hydrogen-bond donors (Lipinski definition) is 0. The number of amides is 1. The van der Waals surface area contributed by atoms with Crippen LogP contribution in [0.2, 0.25) is 0 Å². The molecule has 0 saturated heterocycles. The van der Waals surface area contributed by atoms with Gasteiger partial charge in [0.2, 0.25) is 5.95 Å². The minimum Gasteiger partial charge on any atom is -0.331 e. The van der Waals surface area contributed by atoms with Gasteiger partial charge in [0, 0.05) is 31.0 Å². The molecule has 1 amide bonds. The molecule has 0 aliphatic carbocycles. The summed E-state index contributed by atoms with van der Waals surface area (Å²) in [5, 5.41) is 0. The predicted molar refractivity (Wildman–Crippen MR) is 117 cm³/mol. The standard InChI is InChI=1S/C24H28N4O/c1-5-27(21-13-9-10-19(4)16-21)24-25-15-14-22(26-24)23(29)28(18(2)3)17-20-11-7-6-8-12-20/h6-16,18H,5,17H2,1-4H3. The second kappa shape index (κ2) is 9.32. The summed E-state index contributed by atoms with van der Waals surface area (Å²) in [7, 11) is 0. The van der Waals surface area contributed by atoms with Crippen molar-refractivity contribution in [3.8, 4) is 0 Å². The molecule has 5 heteroatoms. The molecule has 150 valence electrons. The molecule has 0 aliphatic rings. The van der Waals surface area contributed by atoms with Crippen LogP contribution in [-0.2, 0) is 6.54 Å². The molecule has 1 aromatic heterocycles. The molecule has 2 aromatic carbocycles. The molecule has 0 N–H and O–H groups in total. The lowest BCUT2D eigenvalue weighted by Crippen LogP contribution is -2.37. The summed E-state index contributed by atoms with van der Waals surface area (Å²) in [5.74, 6) is 0.445. The molecule has 3 rings (SSSR count). The Morgan fingerprint density at radius 1 is 1.03 bits per heavy atom. The van der Waals surface area contributed by atoms with Gasteiger partial charge in [0.15, 0.2) is 0 Å². The average molecular weight is 389 g/mol. The average Bonchev–Trinajstić information content (AvgIpc) is 2.73. The molecule has 0 atom stereocenters. The third-order valence-corrected chi connectivity index (χ3v) is 4.81. The van der Waals surface area contributed by atoms with E-state index < -0.39 is 0 Å². The SMILES string of the molecule is CCN(c1cccc(C)c1)c1nccc(C(=O)N(Cc2ccccc2)C(C)C)n1. The third-order valence-electron chi connectivity index (χ3n) is 4.81. The summed E-state index contributed by atoms with van der Waals surface area (Å²) in [5.41, 5.74) is 3.69. The first-order valence-electron chi connectivity index (χ1n) is 10.0. The van der Waals surface area contributed by atoms with Crippen LogP contribution in [0.1, 0.15) is 42.4 Å². The van der Waals surface area contributed by atoms with Crippen LogP contribution < -0.4 is 4.90 Å². The van der Waals surface area contributed by atoms with Crippen LogP contribution >= 0.6 is 0 Å². The van der Waals surface area contributed by atoms with Crippen LogP contribution in [0.25, 0.3) is 0 Å². The predicted octanol–water partition coefficient (Wildman–Crippen LogP) is 4.99. The second-order valence-electron chi connectivity index (χ2n) is 7.34. The highest BCUT2D eigenvalue weighted by atomic mass is 16.2. The number of aromatic nitrogens is 2. The molecule has 1 heterocycles. The van der Waals surface area contributed by atoms with E-state index in [0.29, 0.717) is 24.7 Å². The molecule has 0 spiro atoms. The normalized spacial score (nSPS) is 10.8. The Balaban J connectivity index is 1.89. The van der Waals surface area contributed by atoms with Gasteiger partial charge < -0.3 is 9.80 Å². The lowest BCUT2D eigenvalue weighted by Gasteiger charge is -2.27. The first kappa shape index (κ1) is 20.5. The first-order valence-corrected chi connectivity index (χ1v) is 10.0. The van der Waals surface area contributed by atoms with Gasteiger partial charge in [0.1, 0.15) is 5.69 Å².